The Bertz CT molecular complexity index is 673. The predicted molar refractivity (Wildman–Crippen MR) is 102 cm³/mol. The molecule has 146 valence electrons. The molecule has 0 bridgehead atoms. The second-order valence-electron chi connectivity index (χ2n) is 7.30. The molecule has 1 aromatic rings. The number of benzene rings is 1. The minimum absolute atomic E-state index is 0.0514. The van der Waals surface area contributed by atoms with Crippen molar-refractivity contribution in [3.05, 3.63) is 35.4 Å². The molecule has 7 heteroatoms. The molecule has 0 radical (unpaired) electrons. The summed E-state index contributed by atoms with van der Waals surface area (Å²) in [4.78, 5) is 42.2. The number of rotatable bonds is 4. The Kier molecular flexibility index (Phi) is 6.45. The highest BCUT2D eigenvalue weighted by molar-refractivity contribution is 5.97. The molecule has 0 aromatic heterocycles. The minimum atomic E-state index is -0.503. The van der Waals surface area contributed by atoms with Gasteiger partial charge in [-0.25, -0.2) is 0 Å². The van der Waals surface area contributed by atoms with E-state index in [2.05, 4.69) is 4.90 Å². The van der Waals surface area contributed by atoms with Gasteiger partial charge in [-0.3, -0.25) is 19.3 Å². The van der Waals surface area contributed by atoms with Crippen molar-refractivity contribution in [3.63, 3.8) is 0 Å². The summed E-state index contributed by atoms with van der Waals surface area (Å²) in [5, 5.41) is 0. The fourth-order valence-corrected chi connectivity index (χ4v) is 3.68. The van der Waals surface area contributed by atoms with Gasteiger partial charge in [0.1, 0.15) is 0 Å². The van der Waals surface area contributed by atoms with Crippen LogP contribution in [0.2, 0.25) is 0 Å². The lowest BCUT2D eigenvalue weighted by atomic mass is 10.1. The van der Waals surface area contributed by atoms with Crippen LogP contribution in [0, 0.1) is 0 Å². The molecule has 1 aromatic carbocycles. The van der Waals surface area contributed by atoms with E-state index in [4.69, 9.17) is 5.73 Å². The average Bonchev–Trinajstić information content (AvgIpc) is 2.98. The molecule has 3 rings (SSSR count). The van der Waals surface area contributed by atoms with Crippen LogP contribution in [0.25, 0.3) is 0 Å². The van der Waals surface area contributed by atoms with Gasteiger partial charge in [0.15, 0.2) is 0 Å². The summed E-state index contributed by atoms with van der Waals surface area (Å²) >= 11 is 0. The van der Waals surface area contributed by atoms with E-state index < -0.39 is 5.91 Å². The lowest BCUT2D eigenvalue weighted by Gasteiger charge is -2.35. The van der Waals surface area contributed by atoms with Crippen molar-refractivity contribution in [1.29, 1.82) is 0 Å². The molecule has 0 unspecified atom stereocenters. The van der Waals surface area contributed by atoms with Crippen molar-refractivity contribution in [2.24, 2.45) is 5.73 Å². The lowest BCUT2D eigenvalue weighted by Crippen LogP contribution is -2.51. The largest absolute Gasteiger partial charge is 0.366 e. The van der Waals surface area contributed by atoms with Gasteiger partial charge in [-0.2, -0.15) is 0 Å². The van der Waals surface area contributed by atoms with Crippen LogP contribution in [-0.2, 0) is 4.79 Å². The summed E-state index contributed by atoms with van der Waals surface area (Å²) in [5.74, 6) is -0.347. The lowest BCUT2D eigenvalue weighted by molar-refractivity contribution is -0.132. The van der Waals surface area contributed by atoms with Crippen LogP contribution in [0.3, 0.4) is 0 Å². The van der Waals surface area contributed by atoms with Gasteiger partial charge in [0.2, 0.25) is 11.8 Å². The molecular weight excluding hydrogens is 344 g/mol. The minimum Gasteiger partial charge on any atom is -0.366 e. The predicted octanol–water partition coefficient (Wildman–Crippen LogP) is 0.946. The Labute approximate surface area is 160 Å². The van der Waals surface area contributed by atoms with Crippen molar-refractivity contribution < 1.29 is 14.4 Å². The van der Waals surface area contributed by atoms with E-state index in [0.29, 0.717) is 43.9 Å². The van der Waals surface area contributed by atoms with E-state index in [-0.39, 0.29) is 11.8 Å². The third-order valence-corrected chi connectivity index (χ3v) is 5.39. The Balaban J connectivity index is 1.48. The van der Waals surface area contributed by atoms with Crippen LogP contribution in [0.5, 0.6) is 0 Å². The fourth-order valence-electron chi connectivity index (χ4n) is 3.68. The number of carbonyl (C=O) groups is 3. The summed E-state index contributed by atoms with van der Waals surface area (Å²) in [6, 6.07) is 6.42. The Morgan fingerprint density at radius 3 is 1.85 bits per heavy atom. The van der Waals surface area contributed by atoms with Gasteiger partial charge in [0.25, 0.3) is 5.91 Å². The van der Waals surface area contributed by atoms with E-state index in [0.717, 1.165) is 25.9 Å². The number of carbonyl (C=O) groups excluding carboxylic acids is 3. The van der Waals surface area contributed by atoms with Gasteiger partial charge in [-0.05, 0) is 37.1 Å². The summed E-state index contributed by atoms with van der Waals surface area (Å²) < 4.78 is 0. The molecule has 2 heterocycles. The van der Waals surface area contributed by atoms with Crippen molar-refractivity contribution >= 4 is 17.7 Å². The molecule has 0 atom stereocenters. The highest BCUT2D eigenvalue weighted by Crippen LogP contribution is 2.13. The Morgan fingerprint density at radius 2 is 1.30 bits per heavy atom. The van der Waals surface area contributed by atoms with E-state index in [1.807, 2.05) is 4.90 Å². The molecular formula is C20H28N4O3. The number of primary amides is 1. The molecule has 2 fully saturated rings. The number of nitrogens with two attached hydrogens (primary N) is 1. The maximum Gasteiger partial charge on any atom is 0.253 e. The maximum absolute atomic E-state index is 12.6. The molecule has 2 aliphatic rings. The average molecular weight is 372 g/mol. The first kappa shape index (κ1) is 19.4. The van der Waals surface area contributed by atoms with Crippen molar-refractivity contribution in [1.82, 2.24) is 14.7 Å². The zero-order chi connectivity index (χ0) is 19.2. The number of hydrogen-bond acceptors (Lipinski definition) is 4. The highest BCUT2D eigenvalue weighted by atomic mass is 16.2. The monoisotopic (exact) mass is 372 g/mol. The van der Waals surface area contributed by atoms with E-state index in [1.165, 1.54) is 12.8 Å². The first-order chi connectivity index (χ1) is 13.0. The summed E-state index contributed by atoms with van der Waals surface area (Å²) in [5.41, 5.74) is 6.17. The van der Waals surface area contributed by atoms with Crippen molar-refractivity contribution in [2.75, 3.05) is 45.8 Å². The van der Waals surface area contributed by atoms with Gasteiger partial charge in [0, 0.05) is 50.4 Å². The molecule has 2 aliphatic heterocycles. The molecule has 0 spiro atoms. The second kappa shape index (κ2) is 8.99. The molecule has 0 aliphatic carbocycles. The first-order valence-corrected chi connectivity index (χ1v) is 9.74. The van der Waals surface area contributed by atoms with Gasteiger partial charge in [-0.1, -0.05) is 12.8 Å². The maximum atomic E-state index is 12.6. The number of nitrogens with zero attached hydrogens (tertiary/aromatic N) is 3. The number of likely N-dealkylation sites (tertiary alicyclic amines) is 1. The SMILES string of the molecule is NC(=O)c1ccc(C(=O)N2CCN(CC(=O)N3CCCCCC3)CC2)cc1. The van der Waals surface area contributed by atoms with Gasteiger partial charge >= 0.3 is 0 Å². The number of hydrogen-bond donors (Lipinski definition) is 1. The summed E-state index contributed by atoms with van der Waals surface area (Å²) in [6.45, 7) is 4.79. The summed E-state index contributed by atoms with van der Waals surface area (Å²) in [6.07, 6.45) is 4.63. The molecule has 2 saturated heterocycles. The smallest absolute Gasteiger partial charge is 0.253 e. The van der Waals surface area contributed by atoms with Gasteiger partial charge in [0.05, 0.1) is 6.54 Å². The standard InChI is InChI=1S/C20H28N4O3/c21-19(26)16-5-7-17(8-6-16)20(27)24-13-11-22(12-14-24)15-18(25)23-9-3-1-2-4-10-23/h5-8H,1-4,9-15H2,(H2,21,26). The topological polar surface area (TPSA) is 87.0 Å². The third-order valence-electron chi connectivity index (χ3n) is 5.39. The van der Waals surface area contributed by atoms with Crippen LogP contribution >= 0.6 is 0 Å². The van der Waals surface area contributed by atoms with Crippen molar-refractivity contribution in [2.45, 2.75) is 25.7 Å². The van der Waals surface area contributed by atoms with Gasteiger partial charge in [-0.15, -0.1) is 0 Å². The Morgan fingerprint density at radius 1 is 0.741 bits per heavy atom. The molecule has 2 N–H and O–H groups in total. The Hall–Kier alpha value is -2.41. The number of amides is 3. The van der Waals surface area contributed by atoms with Crippen molar-refractivity contribution in [3.8, 4) is 0 Å². The summed E-state index contributed by atoms with van der Waals surface area (Å²) in [7, 11) is 0. The number of piperazine rings is 1. The van der Waals surface area contributed by atoms with Crippen LogP contribution < -0.4 is 5.73 Å². The normalized spacial score (nSPS) is 18.8. The fraction of sp³-hybridized carbons (Fsp3) is 0.550. The van der Waals surface area contributed by atoms with E-state index >= 15 is 0 Å². The van der Waals surface area contributed by atoms with Crippen LogP contribution in [0.4, 0.5) is 0 Å². The van der Waals surface area contributed by atoms with Crippen LogP contribution in [0.1, 0.15) is 46.4 Å². The third kappa shape index (κ3) is 5.07. The first-order valence-electron chi connectivity index (χ1n) is 9.74. The molecule has 0 saturated carbocycles. The zero-order valence-corrected chi connectivity index (χ0v) is 15.7. The zero-order valence-electron chi connectivity index (χ0n) is 15.7. The van der Waals surface area contributed by atoms with Gasteiger partial charge < -0.3 is 15.5 Å². The van der Waals surface area contributed by atoms with E-state index in [9.17, 15) is 14.4 Å². The molecule has 7 nitrogen and oxygen atoms in total. The van der Waals surface area contributed by atoms with Crippen LogP contribution in [0.15, 0.2) is 24.3 Å². The second-order valence-corrected chi connectivity index (χ2v) is 7.30. The molecule has 3 amide bonds. The van der Waals surface area contributed by atoms with Crippen LogP contribution in [-0.4, -0.2) is 78.2 Å². The highest BCUT2D eigenvalue weighted by Gasteiger charge is 2.25. The quantitative estimate of drug-likeness (QED) is 0.852. The van der Waals surface area contributed by atoms with E-state index in [1.54, 1.807) is 29.2 Å². The molecule has 27 heavy (non-hydrogen) atoms.